The van der Waals surface area contributed by atoms with Crippen molar-refractivity contribution < 1.29 is 9.59 Å². The molecule has 0 atom stereocenters. The summed E-state index contributed by atoms with van der Waals surface area (Å²) < 4.78 is 0. The SMILES string of the molecule is CCCC(=O)Nc1ccc(SCC(N)=O)cc1. The number of rotatable bonds is 6. The van der Waals surface area contributed by atoms with Crippen molar-refractivity contribution in [3.63, 3.8) is 0 Å². The molecule has 0 aliphatic heterocycles. The smallest absolute Gasteiger partial charge is 0.227 e. The highest BCUT2D eigenvalue weighted by Gasteiger charge is 2.01. The van der Waals surface area contributed by atoms with Crippen molar-refractivity contribution in [2.24, 2.45) is 5.73 Å². The molecule has 2 amide bonds. The van der Waals surface area contributed by atoms with Gasteiger partial charge in [0.25, 0.3) is 0 Å². The van der Waals surface area contributed by atoms with Gasteiger partial charge in [-0.05, 0) is 30.7 Å². The number of carbonyl (C=O) groups is 2. The Morgan fingerprint density at radius 1 is 1.29 bits per heavy atom. The minimum Gasteiger partial charge on any atom is -0.369 e. The van der Waals surface area contributed by atoms with Gasteiger partial charge in [0.1, 0.15) is 0 Å². The molecule has 0 aromatic heterocycles. The van der Waals surface area contributed by atoms with Crippen LogP contribution in [0.3, 0.4) is 0 Å². The number of nitrogens with two attached hydrogens (primary N) is 1. The highest BCUT2D eigenvalue weighted by molar-refractivity contribution is 8.00. The molecule has 0 spiro atoms. The number of primary amides is 1. The second kappa shape index (κ2) is 6.96. The van der Waals surface area contributed by atoms with Crippen molar-refractivity contribution in [1.29, 1.82) is 0 Å². The van der Waals surface area contributed by atoms with Gasteiger partial charge in [0, 0.05) is 17.0 Å². The van der Waals surface area contributed by atoms with Gasteiger partial charge in [-0.3, -0.25) is 9.59 Å². The lowest BCUT2D eigenvalue weighted by molar-refractivity contribution is -0.116. The number of nitrogens with one attached hydrogen (secondary N) is 1. The fraction of sp³-hybridized carbons (Fsp3) is 0.333. The summed E-state index contributed by atoms with van der Waals surface area (Å²) in [5.41, 5.74) is 5.82. The van der Waals surface area contributed by atoms with Crippen molar-refractivity contribution in [2.45, 2.75) is 24.7 Å². The van der Waals surface area contributed by atoms with Gasteiger partial charge >= 0.3 is 0 Å². The van der Waals surface area contributed by atoms with Crippen molar-refractivity contribution >= 4 is 29.3 Å². The topological polar surface area (TPSA) is 72.2 Å². The van der Waals surface area contributed by atoms with E-state index < -0.39 is 0 Å². The zero-order chi connectivity index (χ0) is 12.7. The predicted molar refractivity (Wildman–Crippen MR) is 69.9 cm³/mol. The minimum atomic E-state index is -0.338. The number of benzene rings is 1. The van der Waals surface area contributed by atoms with Gasteiger partial charge in [0.15, 0.2) is 0 Å². The lowest BCUT2D eigenvalue weighted by atomic mass is 10.3. The summed E-state index contributed by atoms with van der Waals surface area (Å²) in [5, 5.41) is 2.80. The van der Waals surface area contributed by atoms with E-state index >= 15 is 0 Å². The Kier molecular flexibility index (Phi) is 5.56. The summed E-state index contributed by atoms with van der Waals surface area (Å²) in [6.45, 7) is 1.96. The van der Waals surface area contributed by atoms with Gasteiger partial charge in [-0.2, -0.15) is 0 Å². The highest BCUT2D eigenvalue weighted by Crippen LogP contribution is 2.19. The molecule has 0 aliphatic rings. The first-order valence-electron chi connectivity index (χ1n) is 5.43. The first kappa shape index (κ1) is 13.6. The largest absolute Gasteiger partial charge is 0.369 e. The lowest BCUT2D eigenvalue weighted by Gasteiger charge is -2.05. The summed E-state index contributed by atoms with van der Waals surface area (Å²) in [7, 11) is 0. The first-order valence-corrected chi connectivity index (χ1v) is 6.41. The molecule has 1 rings (SSSR count). The first-order chi connectivity index (χ1) is 8.11. The van der Waals surface area contributed by atoms with E-state index in [1.807, 2.05) is 31.2 Å². The Bertz CT molecular complexity index is 390. The molecule has 0 bridgehead atoms. The summed E-state index contributed by atoms with van der Waals surface area (Å²) in [6.07, 6.45) is 1.36. The minimum absolute atomic E-state index is 0.0186. The normalized spacial score (nSPS) is 9.94. The van der Waals surface area contributed by atoms with E-state index in [1.54, 1.807) is 0 Å². The molecule has 5 heteroatoms. The number of carbonyl (C=O) groups excluding carboxylic acids is 2. The van der Waals surface area contributed by atoms with Crippen LogP contribution in [0.15, 0.2) is 29.2 Å². The van der Waals surface area contributed by atoms with Crippen LogP contribution >= 0.6 is 11.8 Å². The van der Waals surface area contributed by atoms with Gasteiger partial charge in [-0.1, -0.05) is 6.92 Å². The Labute approximate surface area is 105 Å². The molecular formula is C12H16N2O2S. The van der Waals surface area contributed by atoms with Crippen LogP contribution in [0, 0.1) is 0 Å². The van der Waals surface area contributed by atoms with Crippen LogP contribution in [-0.2, 0) is 9.59 Å². The molecule has 4 nitrogen and oxygen atoms in total. The second-order valence-corrected chi connectivity index (χ2v) is 4.63. The highest BCUT2D eigenvalue weighted by atomic mass is 32.2. The zero-order valence-electron chi connectivity index (χ0n) is 9.73. The quantitative estimate of drug-likeness (QED) is 0.761. The van der Waals surface area contributed by atoms with Gasteiger partial charge in [0.2, 0.25) is 11.8 Å². The van der Waals surface area contributed by atoms with Crippen LogP contribution in [0.25, 0.3) is 0 Å². The van der Waals surface area contributed by atoms with Gasteiger partial charge in [0.05, 0.1) is 5.75 Å². The fourth-order valence-corrected chi connectivity index (χ4v) is 1.88. The maximum Gasteiger partial charge on any atom is 0.227 e. The predicted octanol–water partition coefficient (Wildman–Crippen LogP) is 2.00. The summed E-state index contributed by atoms with van der Waals surface area (Å²) >= 11 is 1.38. The summed E-state index contributed by atoms with van der Waals surface area (Å²) in [6, 6.07) is 7.35. The van der Waals surface area contributed by atoms with E-state index in [0.29, 0.717) is 6.42 Å². The number of thioether (sulfide) groups is 1. The molecule has 0 fully saturated rings. The molecule has 0 aliphatic carbocycles. The molecular weight excluding hydrogens is 236 g/mol. The molecule has 17 heavy (non-hydrogen) atoms. The standard InChI is InChI=1S/C12H16N2O2S/c1-2-3-12(16)14-9-4-6-10(7-5-9)17-8-11(13)15/h4-7H,2-3,8H2,1H3,(H2,13,15)(H,14,16). The third kappa shape index (κ3) is 5.40. The Morgan fingerprint density at radius 3 is 2.47 bits per heavy atom. The Morgan fingerprint density at radius 2 is 1.94 bits per heavy atom. The van der Waals surface area contributed by atoms with Crippen molar-refractivity contribution in [2.75, 3.05) is 11.1 Å². The van der Waals surface area contributed by atoms with E-state index in [1.165, 1.54) is 11.8 Å². The number of anilines is 1. The number of hydrogen-bond donors (Lipinski definition) is 2. The van der Waals surface area contributed by atoms with Crippen molar-refractivity contribution in [3.8, 4) is 0 Å². The number of hydrogen-bond acceptors (Lipinski definition) is 3. The molecule has 0 unspecified atom stereocenters. The van der Waals surface area contributed by atoms with E-state index in [-0.39, 0.29) is 17.6 Å². The van der Waals surface area contributed by atoms with Crippen LogP contribution in [0.4, 0.5) is 5.69 Å². The summed E-state index contributed by atoms with van der Waals surface area (Å²) in [4.78, 5) is 22.9. The Balaban J connectivity index is 2.49. The molecule has 92 valence electrons. The van der Waals surface area contributed by atoms with E-state index in [9.17, 15) is 9.59 Å². The van der Waals surface area contributed by atoms with E-state index in [0.717, 1.165) is 17.0 Å². The van der Waals surface area contributed by atoms with Gasteiger partial charge in [-0.15, -0.1) is 11.8 Å². The van der Waals surface area contributed by atoms with Gasteiger partial charge < -0.3 is 11.1 Å². The molecule has 0 radical (unpaired) electrons. The van der Waals surface area contributed by atoms with Crippen LogP contribution in [0.5, 0.6) is 0 Å². The number of amides is 2. The molecule has 1 aromatic rings. The third-order valence-electron chi connectivity index (χ3n) is 2.00. The van der Waals surface area contributed by atoms with Crippen molar-refractivity contribution in [3.05, 3.63) is 24.3 Å². The van der Waals surface area contributed by atoms with Crippen molar-refractivity contribution in [1.82, 2.24) is 0 Å². The van der Waals surface area contributed by atoms with Crippen LogP contribution in [-0.4, -0.2) is 17.6 Å². The average Bonchev–Trinajstić information content (AvgIpc) is 2.28. The van der Waals surface area contributed by atoms with E-state index in [2.05, 4.69) is 5.32 Å². The van der Waals surface area contributed by atoms with Gasteiger partial charge in [-0.25, -0.2) is 0 Å². The monoisotopic (exact) mass is 252 g/mol. The second-order valence-electron chi connectivity index (χ2n) is 3.58. The molecule has 0 saturated heterocycles. The maximum atomic E-state index is 11.3. The zero-order valence-corrected chi connectivity index (χ0v) is 10.5. The fourth-order valence-electron chi connectivity index (χ4n) is 1.24. The van der Waals surface area contributed by atoms with E-state index in [4.69, 9.17) is 5.73 Å². The maximum absolute atomic E-state index is 11.3. The lowest BCUT2D eigenvalue weighted by Crippen LogP contribution is -2.13. The van der Waals surface area contributed by atoms with Crippen LogP contribution in [0.1, 0.15) is 19.8 Å². The summed E-state index contributed by atoms with van der Waals surface area (Å²) in [5.74, 6) is -0.0537. The Hall–Kier alpha value is -1.49. The molecule has 0 saturated carbocycles. The molecule has 1 aromatic carbocycles. The molecule has 3 N–H and O–H groups in total. The third-order valence-corrected chi connectivity index (χ3v) is 3.03. The van der Waals surface area contributed by atoms with Crippen LogP contribution < -0.4 is 11.1 Å². The average molecular weight is 252 g/mol. The molecule has 0 heterocycles. The van der Waals surface area contributed by atoms with Crippen LogP contribution in [0.2, 0.25) is 0 Å².